The van der Waals surface area contributed by atoms with E-state index in [0.717, 1.165) is 22.6 Å². The Labute approximate surface area is 144 Å². The maximum atomic E-state index is 5.77. The zero-order chi connectivity index (χ0) is 17.6. The summed E-state index contributed by atoms with van der Waals surface area (Å²) < 4.78 is 22.1. The van der Waals surface area contributed by atoms with Gasteiger partial charge in [0.1, 0.15) is 24.7 Å². The van der Waals surface area contributed by atoms with Gasteiger partial charge in [-0.25, -0.2) is 0 Å². The van der Waals surface area contributed by atoms with Crippen molar-refractivity contribution in [2.45, 2.75) is 13.8 Å². The van der Waals surface area contributed by atoms with Crippen molar-refractivity contribution in [1.82, 2.24) is 0 Å². The molecule has 0 spiro atoms. The summed E-state index contributed by atoms with van der Waals surface area (Å²) in [4.78, 5) is 0. The fraction of sp³-hybridized carbons (Fsp3) is 0.556. The highest BCUT2D eigenvalue weighted by Crippen LogP contribution is 2.28. The molecule has 0 unspecified atom stereocenters. The molecule has 6 nitrogen and oxygen atoms in total. The van der Waals surface area contributed by atoms with Gasteiger partial charge < -0.3 is 30.4 Å². The second kappa shape index (κ2) is 12.6. The van der Waals surface area contributed by atoms with Crippen molar-refractivity contribution < 1.29 is 18.9 Å². The van der Waals surface area contributed by atoms with Crippen LogP contribution in [0.5, 0.6) is 11.5 Å². The molecule has 1 aromatic rings. The lowest BCUT2D eigenvalue weighted by atomic mass is 10.1. The lowest BCUT2D eigenvalue weighted by Crippen LogP contribution is -2.14. The normalized spacial score (nSPS) is 10.2. The van der Waals surface area contributed by atoms with Gasteiger partial charge in [-0.2, -0.15) is 0 Å². The molecular weight excluding hydrogens is 308 g/mol. The molecule has 1 aromatic carbocycles. The first-order valence-electron chi connectivity index (χ1n) is 8.11. The van der Waals surface area contributed by atoms with Gasteiger partial charge >= 0.3 is 0 Å². The Balaban J connectivity index is 2.64. The SMILES string of the molecule is CC#Cc1cc(OCCOCCN)c(C)cc1OCCOCCN. The number of hydrogen-bond donors (Lipinski definition) is 2. The Morgan fingerprint density at radius 3 is 1.96 bits per heavy atom. The molecule has 24 heavy (non-hydrogen) atoms. The summed E-state index contributed by atoms with van der Waals surface area (Å²) in [6.07, 6.45) is 0. The van der Waals surface area contributed by atoms with Gasteiger partial charge in [-0.15, -0.1) is 5.92 Å². The minimum atomic E-state index is 0.449. The summed E-state index contributed by atoms with van der Waals surface area (Å²) in [5.74, 6) is 7.44. The van der Waals surface area contributed by atoms with Gasteiger partial charge in [0.25, 0.3) is 0 Å². The van der Waals surface area contributed by atoms with E-state index in [1.54, 1.807) is 6.92 Å². The Morgan fingerprint density at radius 1 is 0.833 bits per heavy atom. The van der Waals surface area contributed by atoms with Gasteiger partial charge in [-0.3, -0.25) is 0 Å². The molecule has 0 atom stereocenters. The standard InChI is InChI=1S/C18H28N2O4/c1-3-4-16-14-17(23-11-9-21-7-5-19)15(2)13-18(16)24-12-10-22-8-6-20/h13-14H,5-12,19-20H2,1-2H3. The molecule has 0 aliphatic heterocycles. The number of rotatable bonds is 12. The molecule has 134 valence electrons. The Kier molecular flexibility index (Phi) is 10.7. The van der Waals surface area contributed by atoms with E-state index in [-0.39, 0.29) is 0 Å². The number of benzene rings is 1. The third-order valence-corrected chi connectivity index (χ3v) is 3.03. The molecule has 0 bridgehead atoms. The third-order valence-electron chi connectivity index (χ3n) is 3.03. The van der Waals surface area contributed by atoms with E-state index in [1.165, 1.54) is 0 Å². The Bertz CT molecular complexity index is 538. The molecule has 1 rings (SSSR count). The molecular formula is C18H28N2O4. The number of ether oxygens (including phenoxy) is 4. The molecule has 0 fully saturated rings. The quantitative estimate of drug-likeness (QED) is 0.438. The fourth-order valence-electron chi connectivity index (χ4n) is 1.96. The predicted molar refractivity (Wildman–Crippen MR) is 94.5 cm³/mol. The highest BCUT2D eigenvalue weighted by Gasteiger charge is 2.09. The zero-order valence-corrected chi connectivity index (χ0v) is 14.6. The molecule has 0 aromatic heterocycles. The monoisotopic (exact) mass is 336 g/mol. The van der Waals surface area contributed by atoms with Crippen molar-refractivity contribution in [3.63, 3.8) is 0 Å². The van der Waals surface area contributed by atoms with E-state index >= 15 is 0 Å². The van der Waals surface area contributed by atoms with E-state index in [1.807, 2.05) is 19.1 Å². The zero-order valence-electron chi connectivity index (χ0n) is 14.6. The first-order chi connectivity index (χ1) is 11.7. The van der Waals surface area contributed by atoms with Crippen molar-refractivity contribution in [3.8, 4) is 23.3 Å². The van der Waals surface area contributed by atoms with Crippen LogP contribution in [0, 0.1) is 18.8 Å². The summed E-state index contributed by atoms with van der Waals surface area (Å²) in [6.45, 7) is 7.75. The van der Waals surface area contributed by atoms with Crippen molar-refractivity contribution in [1.29, 1.82) is 0 Å². The molecule has 0 saturated heterocycles. The molecule has 6 heteroatoms. The largest absolute Gasteiger partial charge is 0.491 e. The lowest BCUT2D eigenvalue weighted by molar-refractivity contribution is 0.104. The summed E-state index contributed by atoms with van der Waals surface area (Å²) in [7, 11) is 0. The summed E-state index contributed by atoms with van der Waals surface area (Å²) in [5.41, 5.74) is 12.5. The highest BCUT2D eigenvalue weighted by molar-refractivity contribution is 5.53. The average molecular weight is 336 g/mol. The maximum Gasteiger partial charge on any atom is 0.135 e. The van der Waals surface area contributed by atoms with Crippen LogP contribution in [-0.2, 0) is 9.47 Å². The second-order valence-corrected chi connectivity index (χ2v) is 4.99. The third kappa shape index (κ3) is 7.66. The molecule has 0 amide bonds. The highest BCUT2D eigenvalue weighted by atomic mass is 16.5. The van der Waals surface area contributed by atoms with Crippen LogP contribution >= 0.6 is 0 Å². The van der Waals surface area contributed by atoms with E-state index in [2.05, 4.69) is 11.8 Å². The van der Waals surface area contributed by atoms with Crippen LogP contribution in [0.15, 0.2) is 12.1 Å². The van der Waals surface area contributed by atoms with E-state index in [4.69, 9.17) is 30.4 Å². The number of aryl methyl sites for hydroxylation is 1. The molecule has 0 radical (unpaired) electrons. The van der Waals surface area contributed by atoms with Crippen LogP contribution in [0.3, 0.4) is 0 Å². The van der Waals surface area contributed by atoms with E-state index < -0.39 is 0 Å². The number of hydrogen-bond acceptors (Lipinski definition) is 6. The average Bonchev–Trinajstić information content (AvgIpc) is 2.57. The Morgan fingerprint density at radius 2 is 1.42 bits per heavy atom. The van der Waals surface area contributed by atoms with Crippen molar-refractivity contribution in [2.75, 3.05) is 52.7 Å². The van der Waals surface area contributed by atoms with E-state index in [9.17, 15) is 0 Å². The molecule has 0 saturated carbocycles. The maximum absolute atomic E-state index is 5.77. The fourth-order valence-corrected chi connectivity index (χ4v) is 1.96. The molecule has 0 aliphatic rings. The van der Waals surface area contributed by atoms with Crippen LogP contribution in [0.4, 0.5) is 0 Å². The topological polar surface area (TPSA) is 89.0 Å². The number of nitrogens with two attached hydrogens (primary N) is 2. The van der Waals surface area contributed by atoms with Crippen LogP contribution in [0.1, 0.15) is 18.1 Å². The minimum absolute atomic E-state index is 0.449. The lowest BCUT2D eigenvalue weighted by Gasteiger charge is -2.14. The smallest absolute Gasteiger partial charge is 0.135 e. The van der Waals surface area contributed by atoms with Gasteiger partial charge in [-0.1, -0.05) is 5.92 Å². The summed E-state index contributed by atoms with van der Waals surface area (Å²) in [6, 6.07) is 3.82. The van der Waals surface area contributed by atoms with Gasteiger partial charge in [0.05, 0.1) is 32.0 Å². The van der Waals surface area contributed by atoms with Crippen molar-refractivity contribution in [2.24, 2.45) is 11.5 Å². The van der Waals surface area contributed by atoms with Crippen LogP contribution < -0.4 is 20.9 Å². The molecule has 0 heterocycles. The predicted octanol–water partition coefficient (Wildman–Crippen LogP) is 1.07. The Hall–Kier alpha value is -1.78. The van der Waals surface area contributed by atoms with Crippen molar-refractivity contribution in [3.05, 3.63) is 23.3 Å². The van der Waals surface area contributed by atoms with Crippen LogP contribution in [0.2, 0.25) is 0 Å². The summed E-state index contributed by atoms with van der Waals surface area (Å²) in [5, 5.41) is 0. The molecule has 0 aliphatic carbocycles. The van der Waals surface area contributed by atoms with Gasteiger partial charge in [-0.05, 0) is 31.5 Å². The molecule has 4 N–H and O–H groups in total. The van der Waals surface area contributed by atoms with Crippen LogP contribution in [-0.4, -0.2) is 52.7 Å². The van der Waals surface area contributed by atoms with E-state index in [0.29, 0.717) is 52.7 Å². The van der Waals surface area contributed by atoms with Crippen LogP contribution in [0.25, 0.3) is 0 Å². The summed E-state index contributed by atoms with van der Waals surface area (Å²) >= 11 is 0. The first-order valence-corrected chi connectivity index (χ1v) is 8.11. The first kappa shape index (κ1) is 20.3. The van der Waals surface area contributed by atoms with Gasteiger partial charge in [0.15, 0.2) is 0 Å². The van der Waals surface area contributed by atoms with Gasteiger partial charge in [0, 0.05) is 13.1 Å². The minimum Gasteiger partial charge on any atom is -0.491 e. The second-order valence-electron chi connectivity index (χ2n) is 4.99. The van der Waals surface area contributed by atoms with Crippen molar-refractivity contribution >= 4 is 0 Å². The van der Waals surface area contributed by atoms with Gasteiger partial charge in [0.2, 0.25) is 0 Å².